The Kier molecular flexibility index (Phi) is 7.05. The molecule has 3 rings (SSSR count). The molecular weight excluding hydrogens is 412 g/mol. The van der Waals surface area contributed by atoms with Crippen molar-refractivity contribution < 1.29 is 28.9 Å². The van der Waals surface area contributed by atoms with Gasteiger partial charge in [0.2, 0.25) is 5.75 Å². The zero-order valence-electron chi connectivity index (χ0n) is 18.9. The number of ketones is 1. The maximum absolute atomic E-state index is 13.1. The lowest BCUT2D eigenvalue weighted by molar-refractivity contribution is -0.140. The van der Waals surface area contributed by atoms with Gasteiger partial charge >= 0.3 is 0 Å². The highest BCUT2D eigenvalue weighted by atomic mass is 16.5. The molecule has 0 saturated carbocycles. The molecule has 8 heteroatoms. The van der Waals surface area contributed by atoms with Gasteiger partial charge in [-0.05, 0) is 31.8 Å². The number of likely N-dealkylation sites (tertiary alicyclic amines) is 1. The van der Waals surface area contributed by atoms with Gasteiger partial charge in [-0.1, -0.05) is 30.3 Å². The summed E-state index contributed by atoms with van der Waals surface area (Å²) in [5.74, 6) is -0.450. The minimum absolute atomic E-state index is 0.0224. The largest absolute Gasteiger partial charge is 0.507 e. The topological polar surface area (TPSA) is 88.5 Å². The lowest BCUT2D eigenvalue weighted by Crippen LogP contribution is -2.35. The van der Waals surface area contributed by atoms with E-state index in [-0.39, 0.29) is 11.3 Å². The number of hydrogen-bond donors (Lipinski definition) is 1. The molecule has 1 N–H and O–H groups in total. The van der Waals surface area contributed by atoms with Gasteiger partial charge in [0.25, 0.3) is 11.7 Å². The molecule has 1 heterocycles. The number of aliphatic hydroxyl groups excluding tert-OH is 1. The van der Waals surface area contributed by atoms with E-state index < -0.39 is 17.7 Å². The first-order chi connectivity index (χ1) is 15.3. The van der Waals surface area contributed by atoms with Crippen LogP contribution in [0.25, 0.3) is 5.76 Å². The predicted molar refractivity (Wildman–Crippen MR) is 120 cm³/mol. The summed E-state index contributed by atoms with van der Waals surface area (Å²) in [6, 6.07) is 11.3. The van der Waals surface area contributed by atoms with Crippen LogP contribution in [0.5, 0.6) is 17.2 Å². The van der Waals surface area contributed by atoms with Gasteiger partial charge in [-0.25, -0.2) is 0 Å². The average molecular weight is 440 g/mol. The predicted octanol–water partition coefficient (Wildman–Crippen LogP) is 2.70. The number of hydrogen-bond acceptors (Lipinski definition) is 7. The van der Waals surface area contributed by atoms with E-state index in [1.165, 1.54) is 26.2 Å². The highest BCUT2D eigenvalue weighted by Gasteiger charge is 2.46. The van der Waals surface area contributed by atoms with Crippen LogP contribution in [-0.4, -0.2) is 75.1 Å². The molecule has 2 aromatic carbocycles. The van der Waals surface area contributed by atoms with Crippen molar-refractivity contribution in [2.45, 2.75) is 6.04 Å². The highest BCUT2D eigenvalue weighted by molar-refractivity contribution is 6.46. The Morgan fingerprint density at radius 2 is 1.59 bits per heavy atom. The summed E-state index contributed by atoms with van der Waals surface area (Å²) >= 11 is 0. The van der Waals surface area contributed by atoms with E-state index in [1.807, 2.05) is 25.1 Å². The molecule has 1 atom stereocenters. The van der Waals surface area contributed by atoms with Crippen molar-refractivity contribution in [3.05, 3.63) is 59.2 Å². The monoisotopic (exact) mass is 440 g/mol. The van der Waals surface area contributed by atoms with Crippen molar-refractivity contribution in [3.63, 3.8) is 0 Å². The first-order valence-corrected chi connectivity index (χ1v) is 10.1. The Labute approximate surface area is 187 Å². The van der Waals surface area contributed by atoms with Crippen LogP contribution in [0.2, 0.25) is 0 Å². The highest BCUT2D eigenvalue weighted by Crippen LogP contribution is 2.45. The fraction of sp³-hybridized carbons (Fsp3) is 0.333. The van der Waals surface area contributed by atoms with Gasteiger partial charge in [0, 0.05) is 18.7 Å². The van der Waals surface area contributed by atoms with E-state index in [4.69, 9.17) is 14.2 Å². The summed E-state index contributed by atoms with van der Waals surface area (Å²) in [4.78, 5) is 29.5. The van der Waals surface area contributed by atoms with Crippen molar-refractivity contribution in [1.82, 2.24) is 9.80 Å². The van der Waals surface area contributed by atoms with Crippen LogP contribution in [0.4, 0.5) is 0 Å². The van der Waals surface area contributed by atoms with Gasteiger partial charge in [-0.2, -0.15) is 0 Å². The van der Waals surface area contributed by atoms with E-state index >= 15 is 0 Å². The van der Waals surface area contributed by atoms with Gasteiger partial charge in [-0.3, -0.25) is 9.59 Å². The average Bonchev–Trinajstić information content (AvgIpc) is 3.06. The molecule has 2 aromatic rings. The molecule has 0 spiro atoms. The number of carbonyl (C=O) groups excluding carboxylic acids is 2. The maximum Gasteiger partial charge on any atom is 0.295 e. The molecule has 1 amide bonds. The summed E-state index contributed by atoms with van der Waals surface area (Å²) < 4.78 is 16.3. The van der Waals surface area contributed by atoms with Crippen LogP contribution in [-0.2, 0) is 9.59 Å². The molecule has 0 radical (unpaired) electrons. The molecule has 1 fully saturated rings. The van der Waals surface area contributed by atoms with Gasteiger partial charge < -0.3 is 29.1 Å². The van der Waals surface area contributed by atoms with Crippen LogP contribution < -0.4 is 14.2 Å². The molecule has 170 valence electrons. The zero-order valence-corrected chi connectivity index (χ0v) is 18.9. The third kappa shape index (κ3) is 4.27. The third-order valence-corrected chi connectivity index (χ3v) is 5.38. The fourth-order valence-electron chi connectivity index (χ4n) is 3.78. The van der Waals surface area contributed by atoms with Crippen molar-refractivity contribution in [2.24, 2.45) is 0 Å². The Balaban J connectivity index is 2.24. The fourth-order valence-corrected chi connectivity index (χ4v) is 3.78. The molecule has 32 heavy (non-hydrogen) atoms. The Hall–Kier alpha value is -3.52. The normalized spacial score (nSPS) is 17.7. The van der Waals surface area contributed by atoms with Crippen molar-refractivity contribution in [2.75, 3.05) is 48.5 Å². The first-order valence-electron chi connectivity index (χ1n) is 10.1. The van der Waals surface area contributed by atoms with E-state index in [1.54, 1.807) is 36.4 Å². The third-order valence-electron chi connectivity index (χ3n) is 5.38. The number of likely N-dealkylation sites (N-methyl/N-ethyl adjacent to an activating group) is 1. The quantitative estimate of drug-likeness (QED) is 0.384. The maximum atomic E-state index is 13.1. The van der Waals surface area contributed by atoms with Crippen molar-refractivity contribution in [3.8, 4) is 17.2 Å². The van der Waals surface area contributed by atoms with Crippen LogP contribution in [0.3, 0.4) is 0 Å². The lowest BCUT2D eigenvalue weighted by Gasteiger charge is -2.27. The summed E-state index contributed by atoms with van der Waals surface area (Å²) in [6.07, 6.45) is 0. The van der Waals surface area contributed by atoms with Gasteiger partial charge in [0.05, 0.1) is 32.9 Å². The SMILES string of the molecule is COc1cc(C2C(=C(O)c3ccccc3)C(=O)C(=O)N2CCN(C)C)cc(OC)c1OC. The minimum atomic E-state index is -0.816. The number of ether oxygens (including phenoxy) is 3. The molecule has 0 aromatic heterocycles. The molecule has 8 nitrogen and oxygen atoms in total. The summed E-state index contributed by atoms with van der Waals surface area (Å²) in [7, 11) is 8.25. The van der Waals surface area contributed by atoms with Gasteiger partial charge in [-0.15, -0.1) is 0 Å². The molecule has 0 aliphatic carbocycles. The van der Waals surface area contributed by atoms with E-state index in [0.717, 1.165) is 0 Å². The number of aliphatic hydroxyl groups is 1. The second-order valence-corrected chi connectivity index (χ2v) is 7.62. The van der Waals surface area contributed by atoms with Crippen molar-refractivity contribution in [1.29, 1.82) is 0 Å². The number of amides is 1. The zero-order chi connectivity index (χ0) is 23.4. The number of rotatable bonds is 8. The van der Waals surface area contributed by atoms with Crippen LogP contribution in [0.1, 0.15) is 17.2 Å². The van der Waals surface area contributed by atoms with Crippen molar-refractivity contribution >= 4 is 17.4 Å². The van der Waals surface area contributed by atoms with Gasteiger partial charge in [0.15, 0.2) is 11.5 Å². The molecule has 1 aliphatic rings. The Morgan fingerprint density at radius 1 is 1.00 bits per heavy atom. The second-order valence-electron chi connectivity index (χ2n) is 7.62. The van der Waals surface area contributed by atoms with E-state index in [9.17, 15) is 14.7 Å². The summed E-state index contributed by atoms with van der Waals surface area (Å²) in [5.41, 5.74) is 1.04. The number of carbonyl (C=O) groups is 2. The molecule has 1 unspecified atom stereocenters. The Morgan fingerprint density at radius 3 is 2.09 bits per heavy atom. The minimum Gasteiger partial charge on any atom is -0.507 e. The van der Waals surface area contributed by atoms with E-state index in [2.05, 4.69) is 0 Å². The van der Waals surface area contributed by atoms with Crippen LogP contribution >= 0.6 is 0 Å². The lowest BCUT2D eigenvalue weighted by atomic mass is 9.94. The Bertz CT molecular complexity index is 1010. The number of Topliss-reactive ketones (excluding diaryl/α,β-unsaturated/α-hetero) is 1. The number of nitrogens with zero attached hydrogens (tertiary/aromatic N) is 2. The second kappa shape index (κ2) is 9.74. The van der Waals surface area contributed by atoms with Crippen LogP contribution in [0, 0.1) is 0 Å². The smallest absolute Gasteiger partial charge is 0.295 e. The first kappa shape index (κ1) is 23.1. The van der Waals surface area contributed by atoms with Crippen LogP contribution in [0.15, 0.2) is 48.0 Å². The standard InChI is InChI=1S/C24H28N2O6/c1-25(2)11-12-26-20(16-13-17(30-3)23(32-5)18(14-16)31-4)19(22(28)24(26)29)21(27)15-9-7-6-8-10-15/h6-10,13-14,20,27H,11-12H2,1-5H3. The molecular formula is C24H28N2O6. The molecule has 1 saturated heterocycles. The number of benzene rings is 2. The molecule has 1 aliphatic heterocycles. The molecule has 0 bridgehead atoms. The number of methoxy groups -OCH3 is 3. The van der Waals surface area contributed by atoms with Gasteiger partial charge in [0.1, 0.15) is 5.76 Å². The van der Waals surface area contributed by atoms with E-state index in [0.29, 0.717) is 41.5 Å². The summed E-state index contributed by atoms with van der Waals surface area (Å²) in [6.45, 7) is 0.837. The summed E-state index contributed by atoms with van der Waals surface area (Å²) in [5, 5.41) is 11.1.